The van der Waals surface area contributed by atoms with E-state index in [9.17, 15) is 9.59 Å². The van der Waals surface area contributed by atoms with Crippen molar-refractivity contribution >= 4 is 11.8 Å². The molecular formula is C25H26O4. The maximum absolute atomic E-state index is 12.4. The fraction of sp³-hybridized carbons (Fsp3) is 0.360. The molecule has 4 heteroatoms. The van der Waals surface area contributed by atoms with Crippen molar-refractivity contribution in [2.45, 2.75) is 44.3 Å². The van der Waals surface area contributed by atoms with Gasteiger partial charge in [0.05, 0.1) is 17.8 Å². The van der Waals surface area contributed by atoms with E-state index in [0.29, 0.717) is 17.9 Å². The molecule has 29 heavy (non-hydrogen) atoms. The van der Waals surface area contributed by atoms with Crippen LogP contribution in [0.3, 0.4) is 0 Å². The second kappa shape index (κ2) is 8.75. The Morgan fingerprint density at radius 3 is 2.41 bits per heavy atom. The molecule has 4 rings (SSSR count). The van der Waals surface area contributed by atoms with Crippen LogP contribution in [0.2, 0.25) is 0 Å². The largest absolute Gasteiger partial charge is 0.478 e. The van der Waals surface area contributed by atoms with Crippen molar-refractivity contribution in [2.24, 2.45) is 11.8 Å². The molecule has 0 radical (unpaired) electrons. The first-order valence-electron chi connectivity index (χ1n) is 10.3. The summed E-state index contributed by atoms with van der Waals surface area (Å²) >= 11 is 0. The molecule has 150 valence electrons. The summed E-state index contributed by atoms with van der Waals surface area (Å²) in [6.45, 7) is 0. The Morgan fingerprint density at radius 2 is 1.69 bits per heavy atom. The van der Waals surface area contributed by atoms with E-state index in [-0.39, 0.29) is 23.9 Å². The number of hydrogen-bond acceptors (Lipinski definition) is 3. The topological polar surface area (TPSA) is 63.6 Å². The quantitative estimate of drug-likeness (QED) is 0.675. The first kappa shape index (κ1) is 19.6. The van der Waals surface area contributed by atoms with Gasteiger partial charge in [0.15, 0.2) is 5.78 Å². The van der Waals surface area contributed by atoms with Crippen molar-refractivity contribution in [1.82, 2.24) is 0 Å². The highest BCUT2D eigenvalue weighted by Gasteiger charge is 2.47. The number of fused-ring (bicyclic) bond motifs is 2. The second-order valence-corrected chi connectivity index (χ2v) is 8.06. The third-order valence-electron chi connectivity index (χ3n) is 6.18. The smallest absolute Gasteiger partial charge is 0.335 e. The molecule has 4 nitrogen and oxygen atoms in total. The minimum atomic E-state index is -0.900. The molecule has 0 aliphatic carbocycles. The molecule has 2 aliphatic heterocycles. The van der Waals surface area contributed by atoms with Gasteiger partial charge in [-0.1, -0.05) is 48.5 Å². The maximum atomic E-state index is 12.4. The molecule has 2 bridgehead atoms. The number of aryl methyl sites for hydroxylation is 1. The summed E-state index contributed by atoms with van der Waals surface area (Å²) in [6, 6.07) is 16.9. The van der Waals surface area contributed by atoms with E-state index < -0.39 is 5.97 Å². The molecule has 0 unspecified atom stereocenters. The molecule has 0 spiro atoms. The number of aromatic carboxylic acids is 1. The zero-order chi connectivity index (χ0) is 20.2. The summed E-state index contributed by atoms with van der Waals surface area (Å²) in [6.07, 6.45) is 8.78. The van der Waals surface area contributed by atoms with Gasteiger partial charge in [0.1, 0.15) is 0 Å². The lowest BCUT2D eigenvalue weighted by molar-refractivity contribution is -0.114. The summed E-state index contributed by atoms with van der Waals surface area (Å²) in [5, 5.41) is 9.03. The first-order chi connectivity index (χ1) is 14.1. The van der Waals surface area contributed by atoms with Crippen LogP contribution >= 0.6 is 0 Å². The van der Waals surface area contributed by atoms with Gasteiger partial charge in [-0.15, -0.1) is 0 Å². The van der Waals surface area contributed by atoms with Crippen LogP contribution in [0.15, 0.2) is 66.7 Å². The maximum Gasteiger partial charge on any atom is 0.335 e. The summed E-state index contributed by atoms with van der Waals surface area (Å²) in [5.74, 6) is -0.0779. The van der Waals surface area contributed by atoms with Crippen LogP contribution in [-0.4, -0.2) is 29.1 Å². The van der Waals surface area contributed by atoms with Crippen LogP contribution in [0, 0.1) is 11.8 Å². The fourth-order valence-corrected chi connectivity index (χ4v) is 4.68. The summed E-state index contributed by atoms with van der Waals surface area (Å²) < 4.78 is 6.15. The van der Waals surface area contributed by atoms with Gasteiger partial charge in [0, 0.05) is 12.3 Å². The van der Waals surface area contributed by atoms with Crippen LogP contribution < -0.4 is 0 Å². The molecular weight excluding hydrogens is 364 g/mol. The highest BCUT2D eigenvalue weighted by molar-refractivity contribution is 5.91. The van der Waals surface area contributed by atoms with E-state index in [0.717, 1.165) is 36.8 Å². The van der Waals surface area contributed by atoms with E-state index in [2.05, 4.69) is 6.08 Å². The van der Waals surface area contributed by atoms with Crippen LogP contribution in [0.4, 0.5) is 0 Å². The zero-order valence-electron chi connectivity index (χ0n) is 16.4. The number of ketones is 1. The number of ether oxygens (including phenoxy) is 1. The molecule has 4 atom stereocenters. The minimum Gasteiger partial charge on any atom is -0.478 e. The van der Waals surface area contributed by atoms with Gasteiger partial charge in [-0.2, -0.15) is 0 Å². The van der Waals surface area contributed by atoms with Crippen molar-refractivity contribution in [3.8, 4) is 0 Å². The number of benzene rings is 2. The van der Waals surface area contributed by atoms with E-state index in [1.165, 1.54) is 0 Å². The Hall–Kier alpha value is -2.72. The first-order valence-corrected chi connectivity index (χ1v) is 10.3. The molecule has 2 aliphatic rings. The number of carboxylic acid groups (broad SMARTS) is 1. The highest BCUT2D eigenvalue weighted by atomic mass is 16.5. The predicted molar refractivity (Wildman–Crippen MR) is 111 cm³/mol. The Labute approximate surface area is 171 Å². The minimum absolute atomic E-state index is 0.127. The number of carbonyl (C=O) groups is 2. The van der Waals surface area contributed by atoms with E-state index in [4.69, 9.17) is 9.84 Å². The Morgan fingerprint density at radius 1 is 0.966 bits per heavy atom. The Balaban J connectivity index is 1.37. The lowest BCUT2D eigenvalue weighted by atomic mass is 9.76. The SMILES string of the molecule is O=C(C=C[C@H]1[C@H](CCc2ccc(C(=O)O)cc2)[C@H]2CC[C@@H]1O2)Cc1ccccc1. The van der Waals surface area contributed by atoms with Crippen molar-refractivity contribution in [1.29, 1.82) is 0 Å². The van der Waals surface area contributed by atoms with E-state index in [1.54, 1.807) is 18.2 Å². The van der Waals surface area contributed by atoms with Gasteiger partial charge < -0.3 is 9.84 Å². The monoisotopic (exact) mass is 390 g/mol. The van der Waals surface area contributed by atoms with Crippen molar-refractivity contribution in [2.75, 3.05) is 0 Å². The highest BCUT2D eigenvalue weighted by Crippen LogP contribution is 2.46. The fourth-order valence-electron chi connectivity index (χ4n) is 4.68. The molecule has 0 saturated carbocycles. The van der Waals surface area contributed by atoms with Crippen LogP contribution in [-0.2, 0) is 22.4 Å². The Bertz CT molecular complexity index is 885. The van der Waals surface area contributed by atoms with Crippen molar-refractivity contribution in [3.63, 3.8) is 0 Å². The zero-order valence-corrected chi connectivity index (χ0v) is 16.4. The molecule has 1 N–H and O–H groups in total. The van der Waals surface area contributed by atoms with Gasteiger partial charge in [0.25, 0.3) is 0 Å². The number of hydrogen-bond donors (Lipinski definition) is 1. The standard InChI is InChI=1S/C25H26O4/c26-20(16-18-4-2-1-3-5-18)11-13-22-21(23-14-15-24(22)29-23)12-8-17-6-9-19(10-7-17)25(27)28/h1-7,9-11,13,21-24H,8,12,14-16H2,(H,27,28)/t21-,22-,23+,24-/m0/s1. The van der Waals surface area contributed by atoms with Crippen LogP contribution in [0.25, 0.3) is 0 Å². The summed E-state index contributed by atoms with van der Waals surface area (Å²) in [7, 11) is 0. The second-order valence-electron chi connectivity index (χ2n) is 8.06. The molecule has 2 heterocycles. The molecule has 2 saturated heterocycles. The number of rotatable bonds is 8. The van der Waals surface area contributed by atoms with Crippen LogP contribution in [0.1, 0.15) is 40.7 Å². The molecule has 0 aromatic heterocycles. The predicted octanol–water partition coefficient (Wildman–Crippen LogP) is 4.48. The summed E-state index contributed by atoms with van der Waals surface area (Å²) in [4.78, 5) is 23.4. The molecule has 2 aromatic rings. The number of allylic oxidation sites excluding steroid dienone is 1. The summed E-state index contributed by atoms with van der Waals surface area (Å²) in [5.41, 5.74) is 2.49. The van der Waals surface area contributed by atoms with Gasteiger partial charge >= 0.3 is 5.97 Å². The van der Waals surface area contributed by atoms with Crippen molar-refractivity contribution < 1.29 is 19.4 Å². The van der Waals surface area contributed by atoms with Crippen molar-refractivity contribution in [3.05, 3.63) is 83.4 Å². The molecule has 2 fully saturated rings. The molecule has 0 amide bonds. The number of carbonyl (C=O) groups excluding carboxylic acids is 1. The third-order valence-corrected chi connectivity index (χ3v) is 6.18. The third kappa shape index (κ3) is 4.65. The molecule has 2 aromatic carbocycles. The average molecular weight is 390 g/mol. The van der Waals surface area contributed by atoms with Gasteiger partial charge in [0.2, 0.25) is 0 Å². The van der Waals surface area contributed by atoms with Gasteiger partial charge in [-0.25, -0.2) is 4.79 Å². The van der Waals surface area contributed by atoms with Crippen LogP contribution in [0.5, 0.6) is 0 Å². The number of carboxylic acids is 1. The van der Waals surface area contributed by atoms with E-state index in [1.807, 2.05) is 42.5 Å². The van der Waals surface area contributed by atoms with Gasteiger partial charge in [-0.3, -0.25) is 4.79 Å². The lowest BCUT2D eigenvalue weighted by Gasteiger charge is -2.25. The normalized spacial score (nSPS) is 25.5. The lowest BCUT2D eigenvalue weighted by Crippen LogP contribution is -2.26. The van der Waals surface area contributed by atoms with Gasteiger partial charge in [-0.05, 0) is 60.9 Å². The average Bonchev–Trinajstić information content (AvgIpc) is 3.33. The Kier molecular flexibility index (Phi) is 5.91. The van der Waals surface area contributed by atoms with E-state index >= 15 is 0 Å².